The molecule has 1 aromatic carbocycles. The van der Waals surface area contributed by atoms with Gasteiger partial charge < -0.3 is 5.32 Å². The van der Waals surface area contributed by atoms with Crippen LogP contribution in [0.1, 0.15) is 71.7 Å². The van der Waals surface area contributed by atoms with Gasteiger partial charge in [-0.05, 0) is 87.7 Å². The fourth-order valence-corrected chi connectivity index (χ4v) is 6.84. The zero-order valence-corrected chi connectivity index (χ0v) is 16.7. The molecule has 1 heterocycles. The summed E-state index contributed by atoms with van der Waals surface area (Å²) in [4.78, 5) is 39.1. The Morgan fingerprint density at radius 2 is 1.64 bits per heavy atom. The van der Waals surface area contributed by atoms with E-state index in [4.69, 9.17) is 0 Å². The number of fused-ring (bicyclic) bond motifs is 1. The fourth-order valence-electron chi connectivity index (χ4n) is 6.84. The summed E-state index contributed by atoms with van der Waals surface area (Å²) in [5, 5.41) is 3.16. The van der Waals surface area contributed by atoms with Gasteiger partial charge >= 0.3 is 0 Å². The van der Waals surface area contributed by atoms with E-state index in [0.717, 1.165) is 28.2 Å². The third-order valence-corrected chi connectivity index (χ3v) is 7.81. The SMILES string of the molecule is Cc1ccc2c(c1)C(=O)N(CC(=O)NC(C)C13CC4CC(CC(C4)C1)C3)C2=O. The molecule has 4 fully saturated rings. The van der Waals surface area contributed by atoms with Crippen LogP contribution in [0.3, 0.4) is 0 Å². The molecule has 1 aliphatic heterocycles. The third-order valence-electron chi connectivity index (χ3n) is 7.81. The molecule has 4 saturated carbocycles. The van der Waals surface area contributed by atoms with Crippen molar-refractivity contribution in [2.24, 2.45) is 23.2 Å². The maximum absolute atomic E-state index is 12.8. The standard InChI is InChI=1S/C23H28N2O3/c1-13-3-4-18-19(5-13)22(28)25(21(18)27)12-20(26)24-14(2)23-9-15-6-16(10-23)8-17(7-15)11-23/h3-5,14-17H,6-12H2,1-2H3,(H,24,26). The van der Waals surface area contributed by atoms with E-state index in [1.165, 1.54) is 38.5 Å². The summed E-state index contributed by atoms with van der Waals surface area (Å²) < 4.78 is 0. The lowest BCUT2D eigenvalue weighted by molar-refractivity contribution is -0.126. The number of hydrogen-bond acceptors (Lipinski definition) is 3. The zero-order valence-electron chi connectivity index (χ0n) is 16.7. The molecular formula is C23H28N2O3. The number of benzene rings is 1. The molecule has 0 aromatic heterocycles. The highest BCUT2D eigenvalue weighted by atomic mass is 16.2. The van der Waals surface area contributed by atoms with Gasteiger partial charge in [0.05, 0.1) is 11.1 Å². The Labute approximate surface area is 165 Å². The zero-order chi connectivity index (χ0) is 19.6. The molecule has 148 valence electrons. The molecule has 1 unspecified atom stereocenters. The van der Waals surface area contributed by atoms with E-state index >= 15 is 0 Å². The molecule has 0 saturated heterocycles. The van der Waals surface area contributed by atoms with Crippen LogP contribution in [-0.4, -0.2) is 35.2 Å². The van der Waals surface area contributed by atoms with Gasteiger partial charge in [-0.2, -0.15) is 0 Å². The van der Waals surface area contributed by atoms with Crippen LogP contribution in [0.25, 0.3) is 0 Å². The van der Waals surface area contributed by atoms with Crippen molar-refractivity contribution in [2.45, 2.75) is 58.4 Å². The van der Waals surface area contributed by atoms with E-state index in [-0.39, 0.29) is 35.7 Å². The first-order valence-electron chi connectivity index (χ1n) is 10.6. The van der Waals surface area contributed by atoms with Crippen LogP contribution in [-0.2, 0) is 4.79 Å². The summed E-state index contributed by atoms with van der Waals surface area (Å²) in [6.45, 7) is 3.82. The van der Waals surface area contributed by atoms with Crippen molar-refractivity contribution >= 4 is 17.7 Å². The summed E-state index contributed by atoms with van der Waals surface area (Å²) in [7, 11) is 0. The van der Waals surface area contributed by atoms with Gasteiger partial charge in [0.2, 0.25) is 5.91 Å². The molecule has 0 radical (unpaired) electrons. The Morgan fingerprint density at radius 1 is 1.07 bits per heavy atom. The molecule has 5 heteroatoms. The van der Waals surface area contributed by atoms with Crippen molar-refractivity contribution in [1.82, 2.24) is 10.2 Å². The van der Waals surface area contributed by atoms with E-state index in [9.17, 15) is 14.4 Å². The quantitative estimate of drug-likeness (QED) is 0.815. The second-order valence-corrected chi connectivity index (χ2v) is 9.81. The molecule has 5 aliphatic rings. The normalized spacial score (nSPS) is 33.9. The van der Waals surface area contributed by atoms with Crippen molar-refractivity contribution in [3.63, 3.8) is 0 Å². The second kappa shape index (κ2) is 6.16. The molecule has 4 bridgehead atoms. The minimum Gasteiger partial charge on any atom is -0.352 e. The monoisotopic (exact) mass is 380 g/mol. The van der Waals surface area contributed by atoms with Crippen molar-refractivity contribution in [3.8, 4) is 0 Å². The molecule has 1 aromatic rings. The largest absolute Gasteiger partial charge is 0.352 e. The van der Waals surface area contributed by atoms with Gasteiger partial charge in [0.1, 0.15) is 6.54 Å². The molecule has 4 aliphatic carbocycles. The number of hydrogen-bond donors (Lipinski definition) is 1. The van der Waals surface area contributed by atoms with Crippen molar-refractivity contribution in [1.29, 1.82) is 0 Å². The number of nitrogens with one attached hydrogen (secondary N) is 1. The Morgan fingerprint density at radius 3 is 2.25 bits per heavy atom. The first kappa shape index (κ1) is 17.9. The van der Waals surface area contributed by atoms with Crippen LogP contribution in [0, 0.1) is 30.1 Å². The lowest BCUT2D eigenvalue weighted by Crippen LogP contribution is -2.56. The maximum atomic E-state index is 12.8. The van der Waals surface area contributed by atoms with Gasteiger partial charge in [-0.1, -0.05) is 11.6 Å². The van der Waals surface area contributed by atoms with E-state index in [2.05, 4.69) is 12.2 Å². The van der Waals surface area contributed by atoms with Gasteiger partial charge in [-0.3, -0.25) is 19.3 Å². The number of carbonyl (C=O) groups is 3. The van der Waals surface area contributed by atoms with Gasteiger partial charge in [-0.15, -0.1) is 0 Å². The first-order valence-corrected chi connectivity index (χ1v) is 10.6. The first-order chi connectivity index (χ1) is 13.3. The van der Waals surface area contributed by atoms with Crippen LogP contribution in [0.4, 0.5) is 0 Å². The van der Waals surface area contributed by atoms with E-state index < -0.39 is 0 Å². The third kappa shape index (κ3) is 2.70. The summed E-state index contributed by atoms with van der Waals surface area (Å²) in [6.07, 6.45) is 7.75. The molecule has 6 rings (SSSR count). The maximum Gasteiger partial charge on any atom is 0.262 e. The fraction of sp³-hybridized carbons (Fsp3) is 0.609. The van der Waals surface area contributed by atoms with Crippen LogP contribution >= 0.6 is 0 Å². The number of rotatable bonds is 4. The highest BCUT2D eigenvalue weighted by Crippen LogP contribution is 2.61. The number of carbonyl (C=O) groups excluding carboxylic acids is 3. The topological polar surface area (TPSA) is 66.5 Å². The van der Waals surface area contributed by atoms with Gasteiger partial charge in [0.15, 0.2) is 0 Å². The number of nitrogens with zero attached hydrogens (tertiary/aromatic N) is 1. The summed E-state index contributed by atoms with van der Waals surface area (Å²) >= 11 is 0. The predicted molar refractivity (Wildman–Crippen MR) is 105 cm³/mol. The Hall–Kier alpha value is -2.17. The lowest BCUT2D eigenvalue weighted by Gasteiger charge is -2.59. The lowest BCUT2D eigenvalue weighted by atomic mass is 9.48. The Bertz CT molecular complexity index is 839. The minimum absolute atomic E-state index is 0.0887. The number of imide groups is 1. The highest BCUT2D eigenvalue weighted by molar-refractivity contribution is 6.22. The van der Waals surface area contributed by atoms with Crippen molar-refractivity contribution in [3.05, 3.63) is 34.9 Å². The second-order valence-electron chi connectivity index (χ2n) is 9.81. The summed E-state index contributed by atoms with van der Waals surface area (Å²) in [6, 6.07) is 5.32. The molecule has 0 spiro atoms. The Balaban J connectivity index is 1.27. The van der Waals surface area contributed by atoms with Gasteiger partial charge in [0.25, 0.3) is 11.8 Å². The smallest absolute Gasteiger partial charge is 0.262 e. The average Bonchev–Trinajstić information content (AvgIpc) is 2.85. The van der Waals surface area contributed by atoms with Gasteiger partial charge in [-0.25, -0.2) is 0 Å². The van der Waals surface area contributed by atoms with Crippen LogP contribution in [0.5, 0.6) is 0 Å². The molecule has 28 heavy (non-hydrogen) atoms. The van der Waals surface area contributed by atoms with Crippen LogP contribution < -0.4 is 5.32 Å². The number of amides is 3. The van der Waals surface area contributed by atoms with E-state index in [0.29, 0.717) is 11.1 Å². The van der Waals surface area contributed by atoms with E-state index in [1.54, 1.807) is 12.1 Å². The summed E-state index contributed by atoms with van der Waals surface area (Å²) in [5.41, 5.74) is 1.95. The van der Waals surface area contributed by atoms with Crippen molar-refractivity contribution in [2.75, 3.05) is 6.54 Å². The molecule has 5 nitrogen and oxygen atoms in total. The van der Waals surface area contributed by atoms with E-state index in [1.807, 2.05) is 13.0 Å². The molecule has 3 amide bonds. The number of aryl methyl sites for hydroxylation is 1. The summed E-state index contributed by atoms with van der Waals surface area (Å²) in [5.74, 6) is 1.52. The molecule has 1 N–H and O–H groups in total. The van der Waals surface area contributed by atoms with Crippen LogP contribution in [0.2, 0.25) is 0 Å². The highest BCUT2D eigenvalue weighted by Gasteiger charge is 2.53. The Kier molecular flexibility index (Phi) is 3.94. The van der Waals surface area contributed by atoms with Crippen LogP contribution in [0.15, 0.2) is 18.2 Å². The van der Waals surface area contributed by atoms with Crippen molar-refractivity contribution < 1.29 is 14.4 Å². The molecular weight excluding hydrogens is 352 g/mol. The molecule has 1 atom stereocenters. The minimum atomic E-state index is -0.363. The van der Waals surface area contributed by atoms with Gasteiger partial charge in [0, 0.05) is 6.04 Å². The predicted octanol–water partition coefficient (Wildman–Crippen LogP) is 3.31. The average molecular weight is 380 g/mol.